The molecule has 2 heterocycles. The van der Waals surface area contributed by atoms with Gasteiger partial charge in [-0.3, -0.25) is 10.1 Å². The first-order valence-corrected chi connectivity index (χ1v) is 4.82. The number of nitrogens with zero attached hydrogens (tertiary/aromatic N) is 2. The summed E-state index contributed by atoms with van der Waals surface area (Å²) in [7, 11) is 0. The molecule has 0 bridgehead atoms. The van der Waals surface area contributed by atoms with E-state index in [-0.39, 0.29) is 5.41 Å². The predicted octanol–water partition coefficient (Wildman–Crippen LogP) is 2.55. The Kier molecular flexibility index (Phi) is 2.02. The molecule has 0 aromatic carbocycles. The summed E-state index contributed by atoms with van der Waals surface area (Å²) in [6.07, 6.45) is 6.65. The monoisotopic (exact) mass is 189 g/mol. The third-order valence-electron chi connectivity index (χ3n) is 2.17. The maximum atomic E-state index is 4.20. The quantitative estimate of drug-likeness (QED) is 0.749. The van der Waals surface area contributed by atoms with Gasteiger partial charge in [0.05, 0.1) is 17.9 Å². The first-order chi connectivity index (χ1) is 6.56. The van der Waals surface area contributed by atoms with E-state index in [9.17, 15) is 0 Å². The second kappa shape index (κ2) is 3.08. The van der Waals surface area contributed by atoms with Gasteiger partial charge in [0, 0.05) is 11.6 Å². The van der Waals surface area contributed by atoms with Crippen molar-refractivity contribution in [3.05, 3.63) is 24.2 Å². The molecule has 0 unspecified atom stereocenters. The molecule has 0 radical (unpaired) electrons. The SMILES string of the molecule is CC(C)(C)Cc1cncc2[nH]ncc12. The molecule has 2 aromatic heterocycles. The van der Waals surface area contributed by atoms with E-state index in [2.05, 4.69) is 36.0 Å². The van der Waals surface area contributed by atoms with Crippen LogP contribution in [-0.4, -0.2) is 15.2 Å². The van der Waals surface area contributed by atoms with E-state index in [1.165, 1.54) is 10.9 Å². The molecule has 2 rings (SSSR count). The molecule has 1 N–H and O–H groups in total. The zero-order valence-electron chi connectivity index (χ0n) is 8.83. The van der Waals surface area contributed by atoms with Crippen molar-refractivity contribution in [2.45, 2.75) is 27.2 Å². The molecule has 0 fully saturated rings. The zero-order valence-corrected chi connectivity index (χ0v) is 8.83. The average Bonchev–Trinajstić information content (AvgIpc) is 2.49. The summed E-state index contributed by atoms with van der Waals surface area (Å²) >= 11 is 0. The maximum absolute atomic E-state index is 4.20. The molecule has 0 amide bonds. The van der Waals surface area contributed by atoms with E-state index >= 15 is 0 Å². The third-order valence-corrected chi connectivity index (χ3v) is 2.17. The van der Waals surface area contributed by atoms with E-state index in [0.29, 0.717) is 0 Å². The zero-order chi connectivity index (χ0) is 10.2. The number of nitrogens with one attached hydrogen (secondary N) is 1. The Morgan fingerprint density at radius 3 is 2.71 bits per heavy atom. The number of hydrogen-bond acceptors (Lipinski definition) is 2. The Balaban J connectivity index is 2.46. The first kappa shape index (κ1) is 9.19. The Bertz CT molecular complexity index is 437. The summed E-state index contributed by atoms with van der Waals surface area (Å²) in [6.45, 7) is 6.68. The van der Waals surface area contributed by atoms with Crippen LogP contribution in [0.15, 0.2) is 18.6 Å². The van der Waals surface area contributed by atoms with E-state index < -0.39 is 0 Å². The van der Waals surface area contributed by atoms with Gasteiger partial charge in [0.15, 0.2) is 0 Å². The molecule has 0 aliphatic heterocycles. The molecule has 0 saturated carbocycles. The highest BCUT2D eigenvalue weighted by atomic mass is 15.1. The highest BCUT2D eigenvalue weighted by molar-refractivity contribution is 5.80. The van der Waals surface area contributed by atoms with Crippen molar-refractivity contribution in [3.63, 3.8) is 0 Å². The van der Waals surface area contributed by atoms with E-state index in [4.69, 9.17) is 0 Å². The van der Waals surface area contributed by atoms with E-state index in [1.807, 2.05) is 18.6 Å². The molecule has 3 heteroatoms. The van der Waals surface area contributed by atoms with Gasteiger partial charge in [0.1, 0.15) is 0 Å². The number of pyridine rings is 1. The molecule has 0 aliphatic carbocycles. The van der Waals surface area contributed by atoms with E-state index in [0.717, 1.165) is 11.9 Å². The molecule has 0 aliphatic rings. The van der Waals surface area contributed by atoms with Gasteiger partial charge in [-0.25, -0.2) is 0 Å². The molecule has 3 nitrogen and oxygen atoms in total. The van der Waals surface area contributed by atoms with Crippen molar-refractivity contribution in [2.24, 2.45) is 5.41 Å². The Morgan fingerprint density at radius 2 is 2.00 bits per heavy atom. The number of aromatic amines is 1. The van der Waals surface area contributed by atoms with Crippen LogP contribution >= 0.6 is 0 Å². The largest absolute Gasteiger partial charge is 0.276 e. The number of H-pyrrole nitrogens is 1. The van der Waals surface area contributed by atoms with Gasteiger partial charge in [-0.2, -0.15) is 5.10 Å². The summed E-state index contributed by atoms with van der Waals surface area (Å²) in [6, 6.07) is 0. The molecule has 0 atom stereocenters. The Hall–Kier alpha value is -1.38. The van der Waals surface area contributed by atoms with Gasteiger partial charge in [-0.15, -0.1) is 0 Å². The predicted molar refractivity (Wildman–Crippen MR) is 57.0 cm³/mol. The van der Waals surface area contributed by atoms with Crippen molar-refractivity contribution < 1.29 is 0 Å². The summed E-state index contributed by atoms with van der Waals surface area (Å²) < 4.78 is 0. The van der Waals surface area contributed by atoms with Crippen LogP contribution in [0.5, 0.6) is 0 Å². The lowest BCUT2D eigenvalue weighted by Crippen LogP contribution is -2.09. The molecule has 0 saturated heterocycles. The lowest BCUT2D eigenvalue weighted by Gasteiger charge is -2.18. The van der Waals surface area contributed by atoms with Crippen molar-refractivity contribution in [1.82, 2.24) is 15.2 Å². The summed E-state index contributed by atoms with van der Waals surface area (Å²) in [5.74, 6) is 0. The normalized spacial score (nSPS) is 12.2. The van der Waals surface area contributed by atoms with Crippen LogP contribution in [0.25, 0.3) is 10.9 Å². The van der Waals surface area contributed by atoms with Crippen molar-refractivity contribution in [1.29, 1.82) is 0 Å². The molecule has 74 valence electrons. The van der Waals surface area contributed by atoms with E-state index in [1.54, 1.807) is 0 Å². The van der Waals surface area contributed by atoms with Gasteiger partial charge >= 0.3 is 0 Å². The fraction of sp³-hybridized carbons (Fsp3) is 0.455. The van der Waals surface area contributed by atoms with Crippen LogP contribution in [0, 0.1) is 5.41 Å². The first-order valence-electron chi connectivity index (χ1n) is 4.82. The van der Waals surface area contributed by atoms with Crippen LogP contribution in [0.3, 0.4) is 0 Å². The van der Waals surface area contributed by atoms with Crippen LogP contribution < -0.4 is 0 Å². The molecule has 0 spiro atoms. The summed E-state index contributed by atoms with van der Waals surface area (Å²) in [4.78, 5) is 4.20. The van der Waals surface area contributed by atoms with Crippen molar-refractivity contribution in [2.75, 3.05) is 0 Å². The van der Waals surface area contributed by atoms with Crippen molar-refractivity contribution in [3.8, 4) is 0 Å². The highest BCUT2D eigenvalue weighted by Crippen LogP contribution is 2.24. The maximum Gasteiger partial charge on any atom is 0.0836 e. The van der Waals surface area contributed by atoms with Crippen LogP contribution in [0.1, 0.15) is 26.3 Å². The standard InChI is InChI=1S/C11H15N3/c1-11(2,3)4-8-5-12-7-10-9(8)6-13-14-10/h5-7H,4H2,1-3H3,(H,13,14). The smallest absolute Gasteiger partial charge is 0.0836 e. The second-order valence-corrected chi connectivity index (χ2v) is 4.87. The van der Waals surface area contributed by atoms with Gasteiger partial charge in [0.25, 0.3) is 0 Å². The van der Waals surface area contributed by atoms with Gasteiger partial charge < -0.3 is 0 Å². The Morgan fingerprint density at radius 1 is 1.21 bits per heavy atom. The minimum absolute atomic E-state index is 0.285. The van der Waals surface area contributed by atoms with Gasteiger partial charge in [-0.1, -0.05) is 20.8 Å². The fourth-order valence-electron chi connectivity index (χ4n) is 1.63. The second-order valence-electron chi connectivity index (χ2n) is 4.87. The third kappa shape index (κ3) is 1.76. The van der Waals surface area contributed by atoms with Crippen LogP contribution in [0.2, 0.25) is 0 Å². The summed E-state index contributed by atoms with van der Waals surface area (Å²) in [5.41, 5.74) is 2.57. The number of hydrogen-bond donors (Lipinski definition) is 1. The molecular formula is C11H15N3. The molecule has 14 heavy (non-hydrogen) atoms. The van der Waals surface area contributed by atoms with Gasteiger partial charge in [0.2, 0.25) is 0 Å². The lowest BCUT2D eigenvalue weighted by atomic mass is 9.88. The average molecular weight is 189 g/mol. The van der Waals surface area contributed by atoms with Crippen LogP contribution in [0.4, 0.5) is 0 Å². The minimum atomic E-state index is 0.285. The molecule has 2 aromatic rings. The lowest BCUT2D eigenvalue weighted by molar-refractivity contribution is 0.412. The number of rotatable bonds is 1. The van der Waals surface area contributed by atoms with Gasteiger partial charge in [-0.05, 0) is 17.4 Å². The summed E-state index contributed by atoms with van der Waals surface area (Å²) in [5, 5.41) is 8.15. The number of fused-ring (bicyclic) bond motifs is 1. The topological polar surface area (TPSA) is 41.6 Å². The molecular weight excluding hydrogens is 174 g/mol. The Labute approximate surface area is 83.6 Å². The minimum Gasteiger partial charge on any atom is -0.276 e. The highest BCUT2D eigenvalue weighted by Gasteiger charge is 2.13. The van der Waals surface area contributed by atoms with Crippen molar-refractivity contribution >= 4 is 10.9 Å². The fourth-order valence-corrected chi connectivity index (χ4v) is 1.63. The van der Waals surface area contributed by atoms with Crippen LogP contribution in [-0.2, 0) is 6.42 Å². The number of aromatic nitrogens is 3.